The molecule has 0 heterocycles. The maximum atomic E-state index is 13.0. The van der Waals surface area contributed by atoms with Gasteiger partial charge in [-0.05, 0) is 36.7 Å². The van der Waals surface area contributed by atoms with Crippen molar-refractivity contribution in [3.8, 4) is 0 Å². The van der Waals surface area contributed by atoms with Gasteiger partial charge in [-0.1, -0.05) is 11.6 Å². The summed E-state index contributed by atoms with van der Waals surface area (Å²) in [6.45, 7) is 2.39. The van der Waals surface area contributed by atoms with E-state index in [0.717, 1.165) is 18.5 Å². The first kappa shape index (κ1) is 14.4. The lowest BCUT2D eigenvalue weighted by molar-refractivity contribution is 0.0907. The van der Waals surface area contributed by atoms with E-state index in [-0.39, 0.29) is 12.4 Å². The van der Waals surface area contributed by atoms with Crippen LogP contribution >= 0.6 is 11.6 Å². The molecule has 0 saturated heterocycles. The minimum Gasteiger partial charge on any atom is -0.394 e. The molecule has 1 aromatic rings. The van der Waals surface area contributed by atoms with Crippen LogP contribution in [0.1, 0.15) is 12.0 Å². The Morgan fingerprint density at radius 1 is 1.29 bits per heavy atom. The number of hydrogen-bond donors (Lipinski definition) is 2. The van der Waals surface area contributed by atoms with Gasteiger partial charge in [0.2, 0.25) is 0 Å². The largest absolute Gasteiger partial charge is 0.394 e. The second kappa shape index (κ2) is 8.42. The quantitative estimate of drug-likeness (QED) is 0.703. The molecule has 0 atom stereocenters. The standard InChI is InChI=1S/C12H17ClFNO2/c13-11-6-10(7-12(14)8-11)9-15-2-1-4-17-5-3-16/h6-8,15-16H,1-5,9H2. The van der Waals surface area contributed by atoms with Gasteiger partial charge < -0.3 is 15.2 Å². The lowest BCUT2D eigenvalue weighted by Crippen LogP contribution is -2.16. The predicted molar refractivity (Wildman–Crippen MR) is 65.6 cm³/mol. The molecule has 0 aliphatic carbocycles. The average molecular weight is 262 g/mol. The van der Waals surface area contributed by atoms with Crippen molar-refractivity contribution in [2.75, 3.05) is 26.4 Å². The fourth-order valence-electron chi connectivity index (χ4n) is 1.41. The summed E-state index contributed by atoms with van der Waals surface area (Å²) in [6, 6.07) is 4.48. The normalized spacial score (nSPS) is 10.8. The zero-order valence-corrected chi connectivity index (χ0v) is 10.3. The molecule has 5 heteroatoms. The molecule has 0 unspecified atom stereocenters. The van der Waals surface area contributed by atoms with Crippen LogP contribution in [0.2, 0.25) is 5.02 Å². The first-order valence-corrected chi connectivity index (χ1v) is 5.94. The Labute approximate surface area is 106 Å². The van der Waals surface area contributed by atoms with E-state index in [1.807, 2.05) is 0 Å². The summed E-state index contributed by atoms with van der Waals surface area (Å²) in [5, 5.41) is 12.1. The van der Waals surface area contributed by atoms with E-state index in [4.69, 9.17) is 21.4 Å². The second-order valence-electron chi connectivity index (χ2n) is 3.64. The smallest absolute Gasteiger partial charge is 0.125 e. The molecule has 2 N–H and O–H groups in total. The minimum absolute atomic E-state index is 0.0508. The zero-order valence-electron chi connectivity index (χ0n) is 9.59. The number of rotatable bonds is 8. The molecule has 0 fully saturated rings. The van der Waals surface area contributed by atoms with Gasteiger partial charge in [0.1, 0.15) is 5.82 Å². The summed E-state index contributed by atoms with van der Waals surface area (Å²) in [7, 11) is 0. The summed E-state index contributed by atoms with van der Waals surface area (Å²) >= 11 is 5.74. The Morgan fingerprint density at radius 2 is 2.12 bits per heavy atom. The number of aliphatic hydroxyl groups is 1. The first-order chi connectivity index (χ1) is 8.22. The Kier molecular flexibility index (Phi) is 7.12. The van der Waals surface area contributed by atoms with Crippen LogP contribution in [0.5, 0.6) is 0 Å². The van der Waals surface area contributed by atoms with Crippen molar-refractivity contribution in [2.24, 2.45) is 0 Å². The molecule has 1 aromatic carbocycles. The Morgan fingerprint density at radius 3 is 2.82 bits per heavy atom. The monoisotopic (exact) mass is 261 g/mol. The maximum Gasteiger partial charge on any atom is 0.125 e. The van der Waals surface area contributed by atoms with Crippen LogP contribution in [0.4, 0.5) is 4.39 Å². The van der Waals surface area contributed by atoms with E-state index in [1.54, 1.807) is 6.07 Å². The van der Waals surface area contributed by atoms with Gasteiger partial charge in [0.15, 0.2) is 0 Å². The molecule has 1 rings (SSSR count). The van der Waals surface area contributed by atoms with E-state index < -0.39 is 0 Å². The van der Waals surface area contributed by atoms with Crippen molar-refractivity contribution in [1.29, 1.82) is 0 Å². The molecule has 0 aliphatic heterocycles. The summed E-state index contributed by atoms with van der Waals surface area (Å²) in [5.74, 6) is -0.319. The number of aliphatic hydroxyl groups excluding tert-OH is 1. The van der Waals surface area contributed by atoms with Crippen LogP contribution in [0.3, 0.4) is 0 Å². The molecule has 0 spiro atoms. The highest BCUT2D eigenvalue weighted by atomic mass is 35.5. The maximum absolute atomic E-state index is 13.0. The number of ether oxygens (including phenoxy) is 1. The van der Waals surface area contributed by atoms with Crippen molar-refractivity contribution < 1.29 is 14.2 Å². The van der Waals surface area contributed by atoms with Gasteiger partial charge >= 0.3 is 0 Å². The van der Waals surface area contributed by atoms with Crippen LogP contribution in [0.15, 0.2) is 18.2 Å². The molecule has 17 heavy (non-hydrogen) atoms. The number of hydrogen-bond acceptors (Lipinski definition) is 3. The topological polar surface area (TPSA) is 41.5 Å². The third-order valence-electron chi connectivity index (χ3n) is 2.13. The van der Waals surface area contributed by atoms with E-state index in [9.17, 15) is 4.39 Å². The number of benzene rings is 1. The zero-order chi connectivity index (χ0) is 12.5. The summed E-state index contributed by atoms with van der Waals surface area (Å²) < 4.78 is 18.1. The van der Waals surface area contributed by atoms with Crippen molar-refractivity contribution in [2.45, 2.75) is 13.0 Å². The molecule has 0 saturated carbocycles. The molecule has 0 bridgehead atoms. The van der Waals surface area contributed by atoms with Gasteiger partial charge in [-0.15, -0.1) is 0 Å². The molecule has 3 nitrogen and oxygen atoms in total. The SMILES string of the molecule is OCCOCCCNCc1cc(F)cc(Cl)c1. The summed E-state index contributed by atoms with van der Waals surface area (Å²) in [4.78, 5) is 0. The fourth-order valence-corrected chi connectivity index (χ4v) is 1.66. The van der Waals surface area contributed by atoms with E-state index >= 15 is 0 Å². The van der Waals surface area contributed by atoms with Crippen molar-refractivity contribution in [3.05, 3.63) is 34.6 Å². The number of halogens is 2. The molecule has 0 radical (unpaired) electrons. The van der Waals surface area contributed by atoms with Crippen LogP contribution in [-0.2, 0) is 11.3 Å². The van der Waals surface area contributed by atoms with Gasteiger partial charge in [0.05, 0.1) is 13.2 Å². The third kappa shape index (κ3) is 6.58. The van der Waals surface area contributed by atoms with Gasteiger partial charge in [-0.25, -0.2) is 4.39 Å². The Hall–Kier alpha value is -0.680. The predicted octanol–water partition coefficient (Wildman–Crippen LogP) is 1.97. The Balaban J connectivity index is 2.13. The van der Waals surface area contributed by atoms with E-state index in [0.29, 0.717) is 24.8 Å². The second-order valence-corrected chi connectivity index (χ2v) is 4.08. The van der Waals surface area contributed by atoms with Crippen LogP contribution in [-0.4, -0.2) is 31.5 Å². The van der Waals surface area contributed by atoms with Crippen molar-refractivity contribution in [1.82, 2.24) is 5.32 Å². The highest BCUT2D eigenvalue weighted by Crippen LogP contribution is 2.13. The lowest BCUT2D eigenvalue weighted by atomic mass is 10.2. The fraction of sp³-hybridized carbons (Fsp3) is 0.500. The summed E-state index contributed by atoms with van der Waals surface area (Å²) in [6.07, 6.45) is 0.850. The van der Waals surface area contributed by atoms with Gasteiger partial charge in [0.25, 0.3) is 0 Å². The minimum atomic E-state index is -0.319. The van der Waals surface area contributed by atoms with Gasteiger partial charge in [-0.3, -0.25) is 0 Å². The van der Waals surface area contributed by atoms with Crippen LogP contribution < -0.4 is 5.32 Å². The molecule has 96 valence electrons. The van der Waals surface area contributed by atoms with Gasteiger partial charge in [0, 0.05) is 18.2 Å². The molecular weight excluding hydrogens is 245 g/mol. The Bertz CT molecular complexity index is 316. The van der Waals surface area contributed by atoms with E-state index in [1.165, 1.54) is 12.1 Å². The third-order valence-corrected chi connectivity index (χ3v) is 2.35. The average Bonchev–Trinajstić information content (AvgIpc) is 2.26. The molecule has 0 aromatic heterocycles. The van der Waals surface area contributed by atoms with E-state index in [2.05, 4.69) is 5.32 Å². The lowest BCUT2D eigenvalue weighted by Gasteiger charge is -2.06. The van der Waals surface area contributed by atoms with Crippen molar-refractivity contribution >= 4 is 11.6 Å². The van der Waals surface area contributed by atoms with Crippen LogP contribution in [0, 0.1) is 5.82 Å². The molecular formula is C12H17ClFNO2. The van der Waals surface area contributed by atoms with Crippen molar-refractivity contribution in [3.63, 3.8) is 0 Å². The summed E-state index contributed by atoms with van der Waals surface area (Å²) in [5.41, 5.74) is 0.825. The first-order valence-electron chi connectivity index (χ1n) is 5.56. The van der Waals surface area contributed by atoms with Crippen LogP contribution in [0.25, 0.3) is 0 Å². The molecule has 0 aliphatic rings. The molecule has 0 amide bonds. The highest BCUT2D eigenvalue weighted by molar-refractivity contribution is 6.30. The van der Waals surface area contributed by atoms with Gasteiger partial charge in [-0.2, -0.15) is 0 Å². The number of nitrogens with one attached hydrogen (secondary N) is 1. The highest BCUT2D eigenvalue weighted by Gasteiger charge is 1.98.